The van der Waals surface area contributed by atoms with Crippen LogP contribution in [0.4, 0.5) is 0 Å². The highest BCUT2D eigenvalue weighted by Gasteiger charge is 2.55. The standard InChI is InChI=1S/C23H24N4O2/c1-4-14-5-7-16-17(9-14)21(18-10-15(28-2)6-8-20(18)29-3)23(12-25,13-26)22(27)19(16)11-24/h6-8,10,14,17,21H,4-5,9,27H2,1-3H3/t14?,17-,21-/m1/s1. The van der Waals surface area contributed by atoms with Crippen LogP contribution in [0.5, 0.6) is 11.5 Å². The number of hydrogen-bond acceptors (Lipinski definition) is 6. The summed E-state index contributed by atoms with van der Waals surface area (Å²) in [4.78, 5) is 0. The largest absolute Gasteiger partial charge is 0.497 e. The number of allylic oxidation sites excluding steroid dienone is 4. The van der Waals surface area contributed by atoms with Crippen LogP contribution in [-0.2, 0) is 0 Å². The molecule has 1 aromatic carbocycles. The minimum absolute atomic E-state index is 0.0253. The molecule has 0 heterocycles. The van der Waals surface area contributed by atoms with Crippen LogP contribution in [0.3, 0.4) is 0 Å². The van der Waals surface area contributed by atoms with Crippen LogP contribution in [0.15, 0.2) is 41.1 Å². The van der Waals surface area contributed by atoms with Crippen molar-refractivity contribution in [2.24, 2.45) is 23.0 Å². The average Bonchev–Trinajstić information content (AvgIpc) is 2.77. The number of nitrogens with two attached hydrogens (primary N) is 1. The summed E-state index contributed by atoms with van der Waals surface area (Å²) in [5.41, 5.74) is 6.52. The quantitative estimate of drug-likeness (QED) is 0.835. The van der Waals surface area contributed by atoms with Gasteiger partial charge in [-0.15, -0.1) is 0 Å². The lowest BCUT2D eigenvalue weighted by Gasteiger charge is -2.45. The van der Waals surface area contributed by atoms with Crippen molar-refractivity contribution in [1.29, 1.82) is 15.8 Å². The molecule has 2 N–H and O–H groups in total. The number of methoxy groups -OCH3 is 2. The predicted molar refractivity (Wildman–Crippen MR) is 107 cm³/mol. The molecule has 0 amide bonds. The van der Waals surface area contributed by atoms with Gasteiger partial charge in [-0.1, -0.05) is 19.4 Å². The Bertz CT molecular complexity index is 989. The van der Waals surface area contributed by atoms with Gasteiger partial charge in [0, 0.05) is 11.5 Å². The molecule has 0 spiro atoms. The Morgan fingerprint density at radius 1 is 1.17 bits per heavy atom. The summed E-state index contributed by atoms with van der Waals surface area (Å²) in [6.07, 6.45) is 4.67. The first-order valence-corrected chi connectivity index (χ1v) is 9.66. The SMILES string of the molecule is CCC1CC=C2C(C#N)=C(N)C(C#N)(C#N)[C@@H](c3cc(OC)ccc3OC)[C@@H]2C1. The first-order chi connectivity index (χ1) is 14.0. The first-order valence-electron chi connectivity index (χ1n) is 9.66. The monoisotopic (exact) mass is 388 g/mol. The zero-order chi connectivity index (χ0) is 21.2. The molecule has 0 radical (unpaired) electrons. The highest BCUT2D eigenvalue weighted by molar-refractivity contribution is 5.61. The number of nitriles is 3. The lowest BCUT2D eigenvalue weighted by atomic mass is 9.55. The van der Waals surface area contributed by atoms with Crippen molar-refractivity contribution < 1.29 is 9.47 Å². The maximum Gasteiger partial charge on any atom is 0.191 e. The van der Waals surface area contributed by atoms with Crippen molar-refractivity contribution in [3.8, 4) is 29.7 Å². The lowest BCUT2D eigenvalue weighted by Crippen LogP contribution is -2.43. The van der Waals surface area contributed by atoms with Gasteiger partial charge >= 0.3 is 0 Å². The third-order valence-electron chi connectivity index (χ3n) is 6.32. The molecule has 0 aliphatic heterocycles. The van der Waals surface area contributed by atoms with Crippen molar-refractivity contribution in [3.63, 3.8) is 0 Å². The molecule has 0 saturated carbocycles. The van der Waals surface area contributed by atoms with E-state index in [9.17, 15) is 15.8 Å². The highest BCUT2D eigenvalue weighted by atomic mass is 16.5. The van der Waals surface area contributed by atoms with Gasteiger partial charge in [0.1, 0.15) is 17.6 Å². The van der Waals surface area contributed by atoms with E-state index in [2.05, 4.69) is 31.2 Å². The fourth-order valence-electron chi connectivity index (χ4n) is 4.73. The summed E-state index contributed by atoms with van der Waals surface area (Å²) >= 11 is 0. The zero-order valence-electron chi connectivity index (χ0n) is 16.9. The van der Waals surface area contributed by atoms with Crippen molar-refractivity contribution in [1.82, 2.24) is 0 Å². The van der Waals surface area contributed by atoms with Crippen LogP contribution in [0.2, 0.25) is 0 Å². The van der Waals surface area contributed by atoms with E-state index in [1.165, 1.54) is 0 Å². The molecule has 6 nitrogen and oxygen atoms in total. The van der Waals surface area contributed by atoms with Crippen LogP contribution in [0.25, 0.3) is 0 Å². The van der Waals surface area contributed by atoms with Crippen LogP contribution < -0.4 is 15.2 Å². The van der Waals surface area contributed by atoms with Gasteiger partial charge < -0.3 is 15.2 Å². The summed E-state index contributed by atoms with van der Waals surface area (Å²) in [5.74, 6) is 0.831. The van der Waals surface area contributed by atoms with Gasteiger partial charge in [-0.25, -0.2) is 0 Å². The molecule has 29 heavy (non-hydrogen) atoms. The fraction of sp³-hybridized carbons (Fsp3) is 0.435. The second-order valence-corrected chi connectivity index (χ2v) is 7.53. The number of hydrogen-bond donors (Lipinski definition) is 1. The maximum absolute atomic E-state index is 10.2. The molecule has 6 heteroatoms. The molecule has 148 valence electrons. The van der Waals surface area contributed by atoms with Crippen molar-refractivity contribution in [2.75, 3.05) is 14.2 Å². The Balaban J connectivity index is 2.37. The van der Waals surface area contributed by atoms with E-state index in [1.807, 2.05) is 6.07 Å². The number of rotatable bonds is 4. The molecule has 1 unspecified atom stereocenters. The topological polar surface area (TPSA) is 116 Å². The Morgan fingerprint density at radius 3 is 2.45 bits per heavy atom. The fourth-order valence-corrected chi connectivity index (χ4v) is 4.73. The van der Waals surface area contributed by atoms with E-state index >= 15 is 0 Å². The van der Waals surface area contributed by atoms with Gasteiger partial charge in [0.2, 0.25) is 0 Å². The van der Waals surface area contributed by atoms with Crippen molar-refractivity contribution in [2.45, 2.75) is 32.1 Å². The average molecular weight is 388 g/mol. The number of nitrogens with zero attached hydrogens (tertiary/aromatic N) is 3. The Morgan fingerprint density at radius 2 is 1.90 bits per heavy atom. The van der Waals surface area contributed by atoms with E-state index in [1.54, 1.807) is 26.4 Å². The van der Waals surface area contributed by atoms with Crippen LogP contribution in [-0.4, -0.2) is 14.2 Å². The molecular weight excluding hydrogens is 364 g/mol. The van der Waals surface area contributed by atoms with Crippen LogP contribution in [0, 0.1) is 51.2 Å². The Hall–Kier alpha value is -3.43. The minimum atomic E-state index is -1.66. The predicted octanol–water partition coefficient (Wildman–Crippen LogP) is 3.93. The summed E-state index contributed by atoms with van der Waals surface area (Å²) in [7, 11) is 3.12. The molecule has 2 aliphatic rings. The molecule has 0 saturated heterocycles. The molecule has 1 aromatic rings. The lowest BCUT2D eigenvalue weighted by molar-refractivity contribution is 0.264. The second-order valence-electron chi connectivity index (χ2n) is 7.53. The smallest absolute Gasteiger partial charge is 0.191 e. The number of ether oxygens (including phenoxy) is 2. The molecule has 0 fully saturated rings. The summed E-state index contributed by atoms with van der Waals surface area (Å²) in [5, 5.41) is 30.1. The normalized spacial score (nSPS) is 25.0. The van der Waals surface area contributed by atoms with Gasteiger partial charge in [-0.05, 0) is 48.4 Å². The number of fused-ring (bicyclic) bond motifs is 1. The Labute approximate surface area is 171 Å². The van der Waals surface area contributed by atoms with Gasteiger partial charge in [0.15, 0.2) is 5.41 Å². The van der Waals surface area contributed by atoms with E-state index in [4.69, 9.17) is 15.2 Å². The van der Waals surface area contributed by atoms with E-state index < -0.39 is 11.3 Å². The van der Waals surface area contributed by atoms with Gasteiger partial charge in [0.25, 0.3) is 0 Å². The molecule has 0 bridgehead atoms. The third-order valence-corrected chi connectivity index (χ3v) is 6.32. The highest BCUT2D eigenvalue weighted by Crippen LogP contribution is 2.58. The minimum Gasteiger partial charge on any atom is -0.497 e. The molecule has 2 aliphatic carbocycles. The summed E-state index contributed by atoms with van der Waals surface area (Å²) in [6.45, 7) is 2.13. The zero-order valence-corrected chi connectivity index (χ0v) is 16.9. The molecular formula is C23H24N4O2. The van der Waals surface area contributed by atoms with Gasteiger partial charge in [-0.2, -0.15) is 15.8 Å². The molecule has 3 rings (SSSR count). The number of benzene rings is 1. The van der Waals surface area contributed by atoms with Gasteiger partial charge in [0.05, 0.1) is 37.6 Å². The van der Waals surface area contributed by atoms with E-state index in [0.29, 0.717) is 23.0 Å². The van der Waals surface area contributed by atoms with E-state index in [0.717, 1.165) is 24.8 Å². The maximum atomic E-state index is 10.2. The molecule has 3 atom stereocenters. The first kappa shape index (κ1) is 20.3. The van der Waals surface area contributed by atoms with E-state index in [-0.39, 0.29) is 17.2 Å². The van der Waals surface area contributed by atoms with Gasteiger partial charge in [-0.3, -0.25) is 0 Å². The summed E-state index contributed by atoms with van der Waals surface area (Å²) < 4.78 is 11.0. The van der Waals surface area contributed by atoms with Crippen molar-refractivity contribution in [3.05, 3.63) is 46.7 Å². The second kappa shape index (κ2) is 7.90. The third kappa shape index (κ3) is 3.00. The Kier molecular flexibility index (Phi) is 5.53. The molecule has 0 aromatic heterocycles. The van der Waals surface area contributed by atoms with Crippen LogP contribution >= 0.6 is 0 Å². The summed E-state index contributed by atoms with van der Waals surface area (Å²) in [6, 6.07) is 11.9. The van der Waals surface area contributed by atoms with Crippen LogP contribution in [0.1, 0.15) is 37.7 Å². The van der Waals surface area contributed by atoms with Crippen molar-refractivity contribution >= 4 is 0 Å².